The maximum Gasteiger partial charge on any atom is 0.419 e. The normalized spacial score (nSPS) is 12.3. The molecule has 11 heteroatoms. The van der Waals surface area contributed by atoms with E-state index < -0.39 is 41.3 Å². The van der Waals surface area contributed by atoms with Crippen LogP contribution in [0.2, 0.25) is 0 Å². The molecule has 0 fully saturated rings. The van der Waals surface area contributed by atoms with E-state index in [-0.39, 0.29) is 22.5 Å². The van der Waals surface area contributed by atoms with Crippen molar-refractivity contribution in [3.05, 3.63) is 94.6 Å². The first kappa shape index (κ1) is 21.8. The number of alkyl halides is 3. The Morgan fingerprint density at radius 1 is 1.00 bits per heavy atom. The maximum absolute atomic E-state index is 14.3. The number of benzene rings is 1. The summed E-state index contributed by atoms with van der Waals surface area (Å²) in [4.78, 5) is 31.0. The van der Waals surface area contributed by atoms with Gasteiger partial charge in [0, 0.05) is 12.4 Å². The number of hydrogen-bond acceptors (Lipinski definition) is 4. The summed E-state index contributed by atoms with van der Waals surface area (Å²) in [6.45, 7) is 0. The van der Waals surface area contributed by atoms with E-state index in [4.69, 9.17) is 5.11 Å². The van der Waals surface area contributed by atoms with Gasteiger partial charge in [-0.05, 0) is 42.0 Å². The second-order valence-corrected chi connectivity index (χ2v) is 6.25. The van der Waals surface area contributed by atoms with Crippen LogP contribution in [-0.2, 0) is 6.18 Å². The standard InChI is InChI=1S/C20H12F5N3O3/c21-13-2-1-7-26-17(13)16(10-3-5-12(14(22)8-10)20(23,24)25)28-18(29)15-6-4-11(9-27-15)19(30)31/h1-9,16H,(H,28,29)(H,30,31)/t16-/m1/s1. The van der Waals surface area contributed by atoms with Gasteiger partial charge in [-0.3, -0.25) is 14.8 Å². The minimum absolute atomic E-state index is 0.186. The zero-order chi connectivity index (χ0) is 22.8. The zero-order valence-corrected chi connectivity index (χ0v) is 15.3. The molecule has 2 N–H and O–H groups in total. The molecule has 1 aromatic carbocycles. The monoisotopic (exact) mass is 437 g/mol. The fourth-order valence-corrected chi connectivity index (χ4v) is 2.72. The largest absolute Gasteiger partial charge is 0.478 e. The molecule has 2 aromatic heterocycles. The van der Waals surface area contributed by atoms with Gasteiger partial charge >= 0.3 is 12.1 Å². The number of carboxylic acids is 1. The predicted octanol–water partition coefficient (Wildman–Crippen LogP) is 3.99. The molecule has 31 heavy (non-hydrogen) atoms. The number of carbonyl (C=O) groups is 2. The molecule has 1 atom stereocenters. The molecule has 0 aliphatic heterocycles. The highest BCUT2D eigenvalue weighted by Crippen LogP contribution is 2.33. The van der Waals surface area contributed by atoms with Gasteiger partial charge in [-0.1, -0.05) is 6.07 Å². The molecule has 160 valence electrons. The zero-order valence-electron chi connectivity index (χ0n) is 15.3. The molecule has 3 rings (SSSR count). The van der Waals surface area contributed by atoms with Gasteiger partial charge < -0.3 is 10.4 Å². The third-order valence-corrected chi connectivity index (χ3v) is 4.21. The number of pyridine rings is 2. The molecule has 0 aliphatic rings. The summed E-state index contributed by atoms with van der Waals surface area (Å²) in [6.07, 6.45) is -2.82. The fraction of sp³-hybridized carbons (Fsp3) is 0.100. The van der Waals surface area contributed by atoms with Crippen LogP contribution in [0.25, 0.3) is 0 Å². The first-order valence-electron chi connectivity index (χ1n) is 8.55. The SMILES string of the molecule is O=C(O)c1ccc(C(=O)N[C@H](c2ccc(C(F)(F)F)c(F)c2)c2ncccc2F)nc1. The summed E-state index contributed by atoms with van der Waals surface area (Å²) < 4.78 is 67.0. The average Bonchev–Trinajstić information content (AvgIpc) is 2.71. The van der Waals surface area contributed by atoms with Crippen LogP contribution >= 0.6 is 0 Å². The van der Waals surface area contributed by atoms with E-state index in [0.717, 1.165) is 30.5 Å². The first-order valence-corrected chi connectivity index (χ1v) is 8.55. The van der Waals surface area contributed by atoms with Crippen LogP contribution in [0.15, 0.2) is 54.9 Å². The van der Waals surface area contributed by atoms with Crippen molar-refractivity contribution in [1.82, 2.24) is 15.3 Å². The number of rotatable bonds is 5. The van der Waals surface area contributed by atoms with Crippen LogP contribution in [0.3, 0.4) is 0 Å². The number of nitrogens with zero attached hydrogens (tertiary/aromatic N) is 2. The molecule has 0 bridgehead atoms. The molecule has 0 unspecified atom stereocenters. The Labute approximate surface area is 171 Å². The van der Waals surface area contributed by atoms with E-state index in [1.807, 2.05) is 0 Å². The van der Waals surface area contributed by atoms with Gasteiger partial charge in [0.1, 0.15) is 23.0 Å². The third kappa shape index (κ3) is 4.82. The van der Waals surface area contributed by atoms with Crippen molar-refractivity contribution in [1.29, 1.82) is 0 Å². The van der Waals surface area contributed by atoms with Crippen molar-refractivity contribution >= 4 is 11.9 Å². The number of aromatic nitrogens is 2. The molecule has 3 aromatic rings. The Bertz CT molecular complexity index is 1130. The molecule has 0 saturated heterocycles. The molecule has 2 heterocycles. The Balaban J connectivity index is 2.00. The molecular weight excluding hydrogens is 425 g/mol. The maximum atomic E-state index is 14.3. The molecular formula is C20H12F5N3O3. The average molecular weight is 437 g/mol. The van der Waals surface area contributed by atoms with E-state index in [1.54, 1.807) is 0 Å². The first-order chi connectivity index (χ1) is 14.6. The van der Waals surface area contributed by atoms with Crippen molar-refractivity contribution in [3.8, 4) is 0 Å². The number of carbonyl (C=O) groups excluding carboxylic acids is 1. The van der Waals surface area contributed by atoms with E-state index in [0.29, 0.717) is 12.1 Å². The highest BCUT2D eigenvalue weighted by Gasteiger charge is 2.35. The summed E-state index contributed by atoms with van der Waals surface area (Å²) in [7, 11) is 0. The number of amides is 1. The van der Waals surface area contributed by atoms with E-state index in [2.05, 4.69) is 15.3 Å². The second kappa shape index (κ2) is 8.46. The second-order valence-electron chi connectivity index (χ2n) is 6.25. The van der Waals surface area contributed by atoms with Crippen molar-refractivity contribution < 1.29 is 36.6 Å². The quantitative estimate of drug-likeness (QED) is 0.589. The van der Waals surface area contributed by atoms with Crippen LogP contribution in [0.1, 0.15) is 43.7 Å². The van der Waals surface area contributed by atoms with Crippen molar-refractivity contribution in [3.63, 3.8) is 0 Å². The minimum atomic E-state index is -4.94. The lowest BCUT2D eigenvalue weighted by atomic mass is 10.00. The number of hydrogen-bond donors (Lipinski definition) is 2. The van der Waals surface area contributed by atoms with Crippen molar-refractivity contribution in [2.45, 2.75) is 12.2 Å². The summed E-state index contributed by atoms with van der Waals surface area (Å²) in [5, 5.41) is 11.2. The summed E-state index contributed by atoms with van der Waals surface area (Å²) >= 11 is 0. The van der Waals surface area contributed by atoms with Gasteiger partial charge in [-0.2, -0.15) is 13.2 Å². The lowest BCUT2D eigenvalue weighted by Crippen LogP contribution is -2.31. The van der Waals surface area contributed by atoms with Gasteiger partial charge in [0.15, 0.2) is 0 Å². The van der Waals surface area contributed by atoms with Crippen molar-refractivity contribution in [2.75, 3.05) is 0 Å². The Morgan fingerprint density at radius 2 is 1.74 bits per heavy atom. The summed E-state index contributed by atoms with van der Waals surface area (Å²) in [5.74, 6) is -4.67. The summed E-state index contributed by atoms with van der Waals surface area (Å²) in [5.41, 5.74) is -2.52. The molecule has 0 saturated carbocycles. The smallest absolute Gasteiger partial charge is 0.419 e. The summed E-state index contributed by atoms with van der Waals surface area (Å²) in [6, 6.07) is 4.93. The molecule has 1 amide bonds. The lowest BCUT2D eigenvalue weighted by Gasteiger charge is -2.20. The number of carboxylic acid groups (broad SMARTS) is 1. The number of nitrogens with one attached hydrogen (secondary N) is 1. The molecule has 0 spiro atoms. The fourth-order valence-electron chi connectivity index (χ4n) is 2.72. The minimum Gasteiger partial charge on any atom is -0.478 e. The van der Waals surface area contributed by atoms with Gasteiger partial charge in [0.2, 0.25) is 0 Å². The third-order valence-electron chi connectivity index (χ3n) is 4.21. The lowest BCUT2D eigenvalue weighted by molar-refractivity contribution is -0.140. The van der Waals surface area contributed by atoms with Crippen LogP contribution in [-0.4, -0.2) is 27.0 Å². The van der Waals surface area contributed by atoms with E-state index in [1.165, 1.54) is 12.3 Å². The Kier molecular flexibility index (Phi) is 5.95. The highest BCUT2D eigenvalue weighted by atomic mass is 19.4. The molecule has 6 nitrogen and oxygen atoms in total. The Hall–Kier alpha value is -3.89. The van der Waals surface area contributed by atoms with Gasteiger partial charge in [-0.15, -0.1) is 0 Å². The van der Waals surface area contributed by atoms with Gasteiger partial charge in [-0.25, -0.2) is 13.6 Å². The van der Waals surface area contributed by atoms with Gasteiger partial charge in [0.25, 0.3) is 5.91 Å². The topological polar surface area (TPSA) is 92.2 Å². The number of aromatic carboxylic acids is 1. The van der Waals surface area contributed by atoms with Crippen LogP contribution in [0.5, 0.6) is 0 Å². The van der Waals surface area contributed by atoms with Crippen molar-refractivity contribution in [2.24, 2.45) is 0 Å². The van der Waals surface area contributed by atoms with Crippen LogP contribution in [0, 0.1) is 11.6 Å². The highest BCUT2D eigenvalue weighted by molar-refractivity contribution is 5.94. The number of halogens is 5. The van der Waals surface area contributed by atoms with Gasteiger partial charge in [0.05, 0.1) is 17.2 Å². The van der Waals surface area contributed by atoms with Crippen LogP contribution < -0.4 is 5.32 Å². The van der Waals surface area contributed by atoms with Crippen LogP contribution in [0.4, 0.5) is 22.0 Å². The predicted molar refractivity (Wildman–Crippen MR) is 96.1 cm³/mol. The van der Waals surface area contributed by atoms with E-state index >= 15 is 0 Å². The van der Waals surface area contributed by atoms with E-state index in [9.17, 15) is 31.5 Å². The Morgan fingerprint density at radius 3 is 2.29 bits per heavy atom. The molecule has 0 aliphatic carbocycles. The molecule has 0 radical (unpaired) electrons.